The number of nitrogens with one attached hydrogen (secondary N) is 1. The highest BCUT2D eigenvalue weighted by atomic mass is 35.5. The number of hydrogen-bond donors (Lipinski definition) is 1. The summed E-state index contributed by atoms with van der Waals surface area (Å²) in [6.07, 6.45) is 3.41. The van der Waals surface area contributed by atoms with Crippen molar-refractivity contribution in [3.05, 3.63) is 99.4 Å². The predicted molar refractivity (Wildman–Crippen MR) is 124 cm³/mol. The number of nitrogens with zero attached hydrogens (tertiary/aromatic N) is 3. The Kier molecular flexibility index (Phi) is 6.07. The van der Waals surface area contributed by atoms with Gasteiger partial charge in [0.25, 0.3) is 5.91 Å². The van der Waals surface area contributed by atoms with Gasteiger partial charge < -0.3 is 5.32 Å². The molecule has 0 radical (unpaired) electrons. The highest BCUT2D eigenvalue weighted by Crippen LogP contribution is 2.28. The first-order valence-corrected chi connectivity index (χ1v) is 10.5. The van der Waals surface area contributed by atoms with Gasteiger partial charge in [-0.1, -0.05) is 41.4 Å². The topological polar surface area (TPSA) is 59.8 Å². The zero-order chi connectivity index (χ0) is 22.0. The Hall–Kier alpha value is -3.15. The Morgan fingerprint density at radius 3 is 2.55 bits per heavy atom. The molecule has 7 heteroatoms. The molecule has 0 spiro atoms. The van der Waals surface area contributed by atoms with Crippen molar-refractivity contribution in [3.63, 3.8) is 0 Å². The number of aryl methyl sites for hydroxylation is 2. The van der Waals surface area contributed by atoms with Gasteiger partial charge in [-0.2, -0.15) is 5.10 Å². The minimum Gasteiger partial charge on any atom is -0.347 e. The molecule has 0 unspecified atom stereocenters. The maximum absolute atomic E-state index is 13.1. The number of hydrogen-bond acceptors (Lipinski definition) is 3. The minimum absolute atomic E-state index is 0.252. The van der Waals surface area contributed by atoms with Gasteiger partial charge in [-0.05, 0) is 66.9 Å². The average Bonchev–Trinajstić information content (AvgIpc) is 3.22. The number of pyridine rings is 1. The quantitative estimate of drug-likeness (QED) is 0.418. The van der Waals surface area contributed by atoms with E-state index in [1.807, 2.05) is 24.3 Å². The lowest BCUT2D eigenvalue weighted by Crippen LogP contribution is -2.25. The van der Waals surface area contributed by atoms with E-state index in [-0.39, 0.29) is 5.91 Å². The van der Waals surface area contributed by atoms with Crippen LogP contribution in [-0.2, 0) is 6.54 Å². The number of benzene rings is 2. The summed E-state index contributed by atoms with van der Waals surface area (Å²) < 4.78 is 1.59. The van der Waals surface area contributed by atoms with Crippen LogP contribution in [0.5, 0.6) is 0 Å². The zero-order valence-electron chi connectivity index (χ0n) is 17.1. The van der Waals surface area contributed by atoms with E-state index in [1.165, 1.54) is 5.56 Å². The summed E-state index contributed by atoms with van der Waals surface area (Å²) in [4.78, 5) is 17.2. The first kappa shape index (κ1) is 21.1. The van der Waals surface area contributed by atoms with Gasteiger partial charge in [0.1, 0.15) is 5.69 Å². The minimum atomic E-state index is -0.252. The molecule has 0 aliphatic heterocycles. The van der Waals surface area contributed by atoms with Gasteiger partial charge in [0.15, 0.2) is 0 Å². The van der Waals surface area contributed by atoms with Crippen molar-refractivity contribution in [3.8, 4) is 16.9 Å². The lowest BCUT2D eigenvalue weighted by atomic mass is 10.0. The summed E-state index contributed by atoms with van der Waals surface area (Å²) in [6, 6.07) is 16.8. The number of carbonyl (C=O) groups is 1. The molecule has 156 valence electrons. The van der Waals surface area contributed by atoms with Crippen molar-refractivity contribution >= 4 is 29.1 Å². The third-order valence-corrected chi connectivity index (χ3v) is 5.81. The van der Waals surface area contributed by atoms with Crippen molar-refractivity contribution < 1.29 is 4.79 Å². The number of rotatable bonds is 5. The molecule has 5 nitrogen and oxygen atoms in total. The van der Waals surface area contributed by atoms with E-state index in [0.29, 0.717) is 33.7 Å². The summed E-state index contributed by atoms with van der Waals surface area (Å²) in [5.41, 5.74) is 5.94. The van der Waals surface area contributed by atoms with Crippen LogP contribution < -0.4 is 5.32 Å². The first-order chi connectivity index (χ1) is 14.9. The third kappa shape index (κ3) is 4.63. The summed E-state index contributed by atoms with van der Waals surface area (Å²) in [7, 11) is 0. The van der Waals surface area contributed by atoms with Crippen molar-refractivity contribution in [2.24, 2.45) is 0 Å². The molecule has 2 aromatic carbocycles. The van der Waals surface area contributed by atoms with Crippen LogP contribution >= 0.6 is 23.2 Å². The molecule has 1 N–H and O–H groups in total. The molecule has 4 rings (SSSR count). The lowest BCUT2D eigenvalue weighted by Gasteiger charge is -2.09. The molecular weight excluding hydrogens is 431 g/mol. The molecule has 4 aromatic rings. The van der Waals surface area contributed by atoms with Crippen LogP contribution in [0.2, 0.25) is 10.0 Å². The summed E-state index contributed by atoms with van der Waals surface area (Å²) in [6.45, 7) is 4.47. The molecule has 2 aromatic heterocycles. The van der Waals surface area contributed by atoms with Gasteiger partial charge in [-0.3, -0.25) is 9.78 Å². The zero-order valence-corrected chi connectivity index (χ0v) is 18.6. The Balaban J connectivity index is 1.74. The monoisotopic (exact) mass is 450 g/mol. The second-order valence-corrected chi connectivity index (χ2v) is 8.08. The Labute approximate surface area is 190 Å². The Bertz CT molecular complexity index is 1250. The number of carbonyl (C=O) groups excluding carboxylic acids is 1. The van der Waals surface area contributed by atoms with Crippen LogP contribution in [0.25, 0.3) is 16.9 Å². The van der Waals surface area contributed by atoms with Gasteiger partial charge in [0, 0.05) is 24.5 Å². The molecule has 0 fully saturated rings. The van der Waals surface area contributed by atoms with Crippen molar-refractivity contribution in [1.82, 2.24) is 20.1 Å². The summed E-state index contributed by atoms with van der Waals surface area (Å²) in [5.74, 6) is -0.252. The highest BCUT2D eigenvalue weighted by Gasteiger charge is 2.18. The van der Waals surface area contributed by atoms with E-state index in [9.17, 15) is 4.79 Å². The molecule has 0 saturated carbocycles. The fourth-order valence-corrected chi connectivity index (χ4v) is 3.47. The Morgan fingerprint density at radius 1 is 1.00 bits per heavy atom. The molecule has 0 aliphatic carbocycles. The molecule has 0 saturated heterocycles. The van der Waals surface area contributed by atoms with E-state index in [1.54, 1.807) is 41.3 Å². The summed E-state index contributed by atoms with van der Waals surface area (Å²) >= 11 is 12.3. The first-order valence-electron chi connectivity index (χ1n) is 9.72. The van der Waals surface area contributed by atoms with Crippen molar-refractivity contribution in [2.45, 2.75) is 20.4 Å². The number of amides is 1. The van der Waals surface area contributed by atoms with Crippen LogP contribution in [0, 0.1) is 13.8 Å². The molecule has 31 heavy (non-hydrogen) atoms. The molecule has 0 atom stereocenters. The predicted octanol–water partition coefficient (Wildman–Crippen LogP) is 5.79. The van der Waals surface area contributed by atoms with Crippen LogP contribution in [0.3, 0.4) is 0 Å². The standard InChI is InChI=1S/C24H20Cl2N4O/c1-15-5-6-18(10-16(15)2)22-12-23(24(31)28-14-17-4-3-9-27-13-17)30(29-22)19-7-8-20(25)21(26)11-19/h3-13H,14H2,1-2H3,(H,28,31). The second kappa shape index (κ2) is 8.92. The van der Waals surface area contributed by atoms with Gasteiger partial charge in [-0.15, -0.1) is 0 Å². The van der Waals surface area contributed by atoms with Crippen LogP contribution in [0.4, 0.5) is 0 Å². The molecular formula is C24H20Cl2N4O. The SMILES string of the molecule is Cc1ccc(-c2cc(C(=O)NCc3cccnc3)n(-c3ccc(Cl)c(Cl)c3)n2)cc1C. The third-order valence-electron chi connectivity index (χ3n) is 5.07. The Morgan fingerprint density at radius 2 is 1.84 bits per heavy atom. The van der Waals surface area contributed by atoms with E-state index < -0.39 is 0 Å². The molecule has 0 aliphatic rings. The number of halogens is 2. The summed E-state index contributed by atoms with van der Waals surface area (Å²) in [5, 5.41) is 8.48. The van der Waals surface area contributed by atoms with E-state index >= 15 is 0 Å². The van der Waals surface area contributed by atoms with Crippen molar-refractivity contribution in [2.75, 3.05) is 0 Å². The largest absolute Gasteiger partial charge is 0.347 e. The van der Waals surface area contributed by atoms with E-state index in [2.05, 4.69) is 30.2 Å². The fourth-order valence-electron chi connectivity index (χ4n) is 3.17. The normalized spacial score (nSPS) is 10.8. The van der Waals surface area contributed by atoms with Gasteiger partial charge in [-0.25, -0.2) is 4.68 Å². The fraction of sp³-hybridized carbons (Fsp3) is 0.125. The van der Waals surface area contributed by atoms with Crippen molar-refractivity contribution in [1.29, 1.82) is 0 Å². The second-order valence-electron chi connectivity index (χ2n) is 7.27. The molecule has 2 heterocycles. The van der Waals surface area contributed by atoms with Crippen LogP contribution in [0.15, 0.2) is 67.0 Å². The van der Waals surface area contributed by atoms with Gasteiger partial charge in [0.2, 0.25) is 0 Å². The van der Waals surface area contributed by atoms with Gasteiger partial charge >= 0.3 is 0 Å². The maximum Gasteiger partial charge on any atom is 0.270 e. The van der Waals surface area contributed by atoms with E-state index in [4.69, 9.17) is 28.3 Å². The highest BCUT2D eigenvalue weighted by molar-refractivity contribution is 6.42. The average molecular weight is 451 g/mol. The number of aromatic nitrogens is 3. The maximum atomic E-state index is 13.1. The van der Waals surface area contributed by atoms with Gasteiger partial charge in [0.05, 0.1) is 21.4 Å². The van der Waals surface area contributed by atoms with Crippen LogP contribution in [-0.4, -0.2) is 20.7 Å². The van der Waals surface area contributed by atoms with E-state index in [0.717, 1.165) is 16.7 Å². The lowest BCUT2D eigenvalue weighted by molar-refractivity contribution is 0.0943. The molecule has 0 bridgehead atoms. The smallest absolute Gasteiger partial charge is 0.270 e. The van der Waals surface area contributed by atoms with Crippen LogP contribution in [0.1, 0.15) is 27.2 Å². The molecule has 1 amide bonds.